The van der Waals surface area contributed by atoms with Gasteiger partial charge in [0.15, 0.2) is 12.2 Å². The lowest BCUT2D eigenvalue weighted by molar-refractivity contribution is -0.161. The summed E-state index contributed by atoms with van der Waals surface area (Å²) in [4.78, 5) is 72.9. The SMILES string of the molecule is CC/C=C\C/C=C\C/C=C\C/C=C\CCCCCCCCC(=O)OCC(COP(=O)(O)OCC(O)COP(=O)(O)OCC(COC(=O)CCCCCCC/C=C\CCCCCCCC)OC(=O)CCCCCCC/C=C\CCCC)OC(=O)CCCCCCC/C=C\CCCCCCCC. The van der Waals surface area contributed by atoms with Crippen molar-refractivity contribution in [1.82, 2.24) is 0 Å². The van der Waals surface area contributed by atoms with Crippen LogP contribution in [0.4, 0.5) is 0 Å². The second-order valence-corrected chi connectivity index (χ2v) is 29.5. The average Bonchev–Trinajstić information content (AvgIpc) is 0.985. The van der Waals surface area contributed by atoms with Crippen molar-refractivity contribution in [1.29, 1.82) is 0 Å². The Morgan fingerprint density at radius 2 is 0.530 bits per heavy atom. The van der Waals surface area contributed by atoms with Crippen molar-refractivity contribution in [3.05, 3.63) is 85.1 Å². The molecule has 0 aromatic rings. The average molecular weight is 1450 g/mol. The van der Waals surface area contributed by atoms with Gasteiger partial charge in [0.05, 0.1) is 26.4 Å². The molecule has 0 aliphatic carbocycles. The lowest BCUT2D eigenvalue weighted by Gasteiger charge is -2.21. The van der Waals surface area contributed by atoms with Gasteiger partial charge in [0.1, 0.15) is 19.3 Å². The molecule has 0 spiro atoms. The number of ether oxygens (including phenoxy) is 4. The molecule has 5 unspecified atom stereocenters. The van der Waals surface area contributed by atoms with Gasteiger partial charge >= 0.3 is 39.5 Å². The molecular weight excluding hydrogens is 1310 g/mol. The third-order valence-corrected chi connectivity index (χ3v) is 18.7. The van der Waals surface area contributed by atoms with Crippen molar-refractivity contribution in [3.63, 3.8) is 0 Å². The predicted octanol–water partition coefficient (Wildman–Crippen LogP) is 23.0. The van der Waals surface area contributed by atoms with Crippen LogP contribution in [0.15, 0.2) is 85.1 Å². The number of rotatable bonds is 75. The molecule has 0 saturated carbocycles. The fraction of sp³-hybridized carbons (Fsp3) is 0.778. The van der Waals surface area contributed by atoms with E-state index < -0.39 is 97.5 Å². The van der Waals surface area contributed by atoms with Crippen molar-refractivity contribution in [2.75, 3.05) is 39.6 Å². The van der Waals surface area contributed by atoms with Crippen molar-refractivity contribution >= 4 is 39.5 Å². The van der Waals surface area contributed by atoms with E-state index in [1.807, 2.05) is 0 Å². The third kappa shape index (κ3) is 72.6. The number of phosphoric acid groups is 2. The van der Waals surface area contributed by atoms with E-state index in [0.717, 1.165) is 180 Å². The van der Waals surface area contributed by atoms with Gasteiger partial charge in [-0.1, -0.05) is 273 Å². The predicted molar refractivity (Wildman–Crippen MR) is 409 cm³/mol. The summed E-state index contributed by atoms with van der Waals surface area (Å²) in [5, 5.41) is 10.6. The molecule has 0 saturated heterocycles. The third-order valence-electron chi connectivity index (χ3n) is 16.8. The van der Waals surface area contributed by atoms with Crippen LogP contribution in [0.1, 0.15) is 349 Å². The molecule has 19 heteroatoms. The number of aliphatic hydroxyl groups excluding tert-OH is 1. The Morgan fingerprint density at radius 1 is 0.290 bits per heavy atom. The molecule has 5 atom stereocenters. The standard InChI is InChI=1S/C81H144O17P2/c1-5-9-13-17-21-25-29-32-35-36-37-38-41-43-47-50-54-58-62-66-79(84)92-72-77(98-81(86)68-64-60-56-52-48-44-40-34-31-27-23-19-15-11-7-3)74-96-100(89,90)94-70-75(82)69-93-99(87,88)95-73-76(97-80(85)67-63-59-55-51-45-28-24-20-16-12-8-4)71-91-78(83)65-61-57-53-49-46-42-39-33-30-26-22-18-14-10-6-2/h9,13,20-21,24-25,32-35,37-40,75-77,82H,5-8,10-12,14-19,22-23,26-31,36,41-74H2,1-4H3,(H,87,88)(H,89,90)/b13-9-,24-20-,25-21-,35-32-,38-37-,39-33-,40-34-. The molecule has 0 aliphatic heterocycles. The van der Waals surface area contributed by atoms with Crippen LogP contribution in [0, 0.1) is 0 Å². The molecule has 0 aromatic heterocycles. The Hall–Kier alpha value is -3.76. The Balaban J connectivity index is 5.33. The number of carbonyl (C=O) groups excluding carboxylic acids is 4. The van der Waals surface area contributed by atoms with E-state index in [4.69, 9.17) is 37.0 Å². The number of hydrogen-bond acceptors (Lipinski definition) is 15. The molecule has 3 N–H and O–H groups in total. The van der Waals surface area contributed by atoms with Gasteiger partial charge in [-0.15, -0.1) is 0 Å². The van der Waals surface area contributed by atoms with Gasteiger partial charge in [0, 0.05) is 25.7 Å². The van der Waals surface area contributed by atoms with Crippen LogP contribution in [0.3, 0.4) is 0 Å². The maximum Gasteiger partial charge on any atom is 0.472 e. The van der Waals surface area contributed by atoms with Crippen LogP contribution >= 0.6 is 15.6 Å². The molecule has 0 rings (SSSR count). The van der Waals surface area contributed by atoms with Crippen LogP contribution in [-0.4, -0.2) is 96.7 Å². The number of esters is 4. The normalized spacial score (nSPS) is 14.3. The van der Waals surface area contributed by atoms with E-state index in [1.54, 1.807) is 0 Å². The number of hydrogen-bond donors (Lipinski definition) is 3. The first-order valence-electron chi connectivity index (χ1n) is 39.8. The van der Waals surface area contributed by atoms with Gasteiger partial charge < -0.3 is 33.8 Å². The molecule has 100 heavy (non-hydrogen) atoms. The van der Waals surface area contributed by atoms with Crippen molar-refractivity contribution in [3.8, 4) is 0 Å². The maximum absolute atomic E-state index is 13.1. The second kappa shape index (κ2) is 73.5. The van der Waals surface area contributed by atoms with Crippen molar-refractivity contribution in [2.45, 2.75) is 367 Å². The first-order chi connectivity index (χ1) is 48.7. The fourth-order valence-corrected chi connectivity index (χ4v) is 12.3. The Morgan fingerprint density at radius 3 is 0.840 bits per heavy atom. The molecule has 0 bridgehead atoms. The highest BCUT2D eigenvalue weighted by Gasteiger charge is 2.30. The van der Waals surface area contributed by atoms with E-state index in [1.165, 1.54) is 89.9 Å². The topological polar surface area (TPSA) is 237 Å². The smallest absolute Gasteiger partial charge is 0.462 e. The Bertz CT molecular complexity index is 2230. The van der Waals surface area contributed by atoms with Gasteiger partial charge in [-0.05, 0) is 135 Å². The second-order valence-electron chi connectivity index (χ2n) is 26.6. The first-order valence-corrected chi connectivity index (χ1v) is 42.8. The minimum Gasteiger partial charge on any atom is -0.462 e. The van der Waals surface area contributed by atoms with E-state index in [2.05, 4.69) is 113 Å². The summed E-state index contributed by atoms with van der Waals surface area (Å²) in [6, 6.07) is 0. The quantitative estimate of drug-likeness (QED) is 0.0169. The van der Waals surface area contributed by atoms with Crippen LogP contribution in [0.2, 0.25) is 0 Å². The lowest BCUT2D eigenvalue weighted by Crippen LogP contribution is -2.30. The Labute approximate surface area is 608 Å². The number of unbranched alkanes of at least 4 members (excludes halogenated alkanes) is 35. The number of allylic oxidation sites excluding steroid dienone is 14. The first kappa shape index (κ1) is 96.2. The molecule has 17 nitrogen and oxygen atoms in total. The molecule has 0 amide bonds. The zero-order valence-electron chi connectivity index (χ0n) is 63.4. The van der Waals surface area contributed by atoms with Gasteiger partial charge in [0.2, 0.25) is 0 Å². The fourth-order valence-electron chi connectivity index (χ4n) is 10.7. The van der Waals surface area contributed by atoms with Gasteiger partial charge in [0.25, 0.3) is 0 Å². The van der Waals surface area contributed by atoms with E-state index in [-0.39, 0.29) is 25.7 Å². The lowest BCUT2D eigenvalue weighted by atomic mass is 10.1. The van der Waals surface area contributed by atoms with Crippen molar-refractivity contribution < 1.29 is 80.2 Å². The molecule has 0 aromatic carbocycles. The summed E-state index contributed by atoms with van der Waals surface area (Å²) in [5.41, 5.74) is 0. The minimum absolute atomic E-state index is 0.0829. The largest absolute Gasteiger partial charge is 0.472 e. The van der Waals surface area contributed by atoms with Gasteiger partial charge in [-0.2, -0.15) is 0 Å². The molecule has 0 aliphatic rings. The van der Waals surface area contributed by atoms with E-state index in [9.17, 15) is 43.2 Å². The summed E-state index contributed by atoms with van der Waals surface area (Å²) in [6.07, 6.45) is 75.6. The highest BCUT2D eigenvalue weighted by atomic mass is 31.2. The van der Waals surface area contributed by atoms with Crippen LogP contribution in [0.5, 0.6) is 0 Å². The number of aliphatic hydroxyl groups is 1. The van der Waals surface area contributed by atoms with Gasteiger partial charge in [-0.25, -0.2) is 9.13 Å². The van der Waals surface area contributed by atoms with Gasteiger partial charge in [-0.3, -0.25) is 37.3 Å². The van der Waals surface area contributed by atoms with Crippen LogP contribution < -0.4 is 0 Å². The van der Waals surface area contributed by atoms with Crippen LogP contribution in [0.25, 0.3) is 0 Å². The van der Waals surface area contributed by atoms with E-state index >= 15 is 0 Å². The summed E-state index contributed by atoms with van der Waals surface area (Å²) in [7, 11) is -9.95. The summed E-state index contributed by atoms with van der Waals surface area (Å²) in [6.45, 7) is 4.71. The Kier molecular flexibility index (Phi) is 70.8. The summed E-state index contributed by atoms with van der Waals surface area (Å²) >= 11 is 0. The van der Waals surface area contributed by atoms with E-state index in [0.29, 0.717) is 25.7 Å². The number of phosphoric ester groups is 2. The molecule has 580 valence electrons. The molecular formula is C81H144O17P2. The minimum atomic E-state index is -4.98. The zero-order valence-corrected chi connectivity index (χ0v) is 65.2. The van der Waals surface area contributed by atoms with Crippen molar-refractivity contribution in [2.24, 2.45) is 0 Å². The molecule has 0 heterocycles. The molecule has 0 fully saturated rings. The highest BCUT2D eigenvalue weighted by molar-refractivity contribution is 7.47. The maximum atomic E-state index is 13.1. The molecule has 0 radical (unpaired) electrons. The highest BCUT2D eigenvalue weighted by Crippen LogP contribution is 2.45. The number of carbonyl (C=O) groups is 4. The summed E-state index contributed by atoms with van der Waals surface area (Å²) < 4.78 is 68.5. The zero-order chi connectivity index (χ0) is 73.2. The van der Waals surface area contributed by atoms with Crippen LogP contribution in [-0.2, 0) is 65.4 Å². The monoisotopic (exact) mass is 1450 g/mol. The summed E-state index contributed by atoms with van der Waals surface area (Å²) in [5.74, 6) is -2.20.